The van der Waals surface area contributed by atoms with Crippen molar-refractivity contribution >= 4 is 23.2 Å². The molecular weight excluding hydrogens is 310 g/mol. The summed E-state index contributed by atoms with van der Waals surface area (Å²) in [6.45, 7) is 0.270. The van der Waals surface area contributed by atoms with Gasteiger partial charge in [0.1, 0.15) is 6.61 Å². The van der Waals surface area contributed by atoms with E-state index >= 15 is 0 Å². The lowest BCUT2D eigenvalue weighted by atomic mass is 10.2. The van der Waals surface area contributed by atoms with Crippen LogP contribution in [-0.2, 0) is 6.61 Å². The van der Waals surface area contributed by atoms with Gasteiger partial charge in [0, 0.05) is 22.9 Å². The second kappa shape index (κ2) is 7.93. The maximum absolute atomic E-state index is 13.7. The van der Waals surface area contributed by atoms with Crippen LogP contribution in [0.4, 0.5) is 4.39 Å². The fourth-order valence-corrected chi connectivity index (χ4v) is 1.87. The Labute approximate surface area is 133 Å². The molecule has 0 aromatic heterocycles. The van der Waals surface area contributed by atoms with Crippen molar-refractivity contribution in [3.8, 4) is 17.6 Å². The molecule has 0 unspecified atom stereocenters. The average Bonchev–Trinajstić information content (AvgIpc) is 2.49. The lowest BCUT2D eigenvalue weighted by Gasteiger charge is -2.08. The molecule has 0 radical (unpaired) electrons. The Bertz CT molecular complexity index is 657. The Hall–Kier alpha value is -1.69. The van der Waals surface area contributed by atoms with Gasteiger partial charge in [-0.2, -0.15) is 0 Å². The molecule has 2 aromatic rings. The lowest BCUT2D eigenvalue weighted by molar-refractivity contribution is 0.290. The molecule has 0 fully saturated rings. The molecule has 0 bridgehead atoms. The minimum atomic E-state index is -0.410. The number of hydrogen-bond donors (Lipinski definition) is 0. The molecule has 0 aliphatic rings. The quantitative estimate of drug-likeness (QED) is 0.566. The summed E-state index contributed by atoms with van der Waals surface area (Å²) in [7, 11) is 0. The van der Waals surface area contributed by atoms with Crippen molar-refractivity contribution in [3.63, 3.8) is 0 Å². The predicted molar refractivity (Wildman–Crippen MR) is 84.4 cm³/mol. The van der Waals surface area contributed by atoms with Gasteiger partial charge in [-0.3, -0.25) is 0 Å². The fourth-order valence-electron chi connectivity index (χ4n) is 1.65. The Kier molecular flexibility index (Phi) is 5.92. The van der Waals surface area contributed by atoms with Crippen LogP contribution in [0.3, 0.4) is 0 Å². The van der Waals surface area contributed by atoms with Gasteiger partial charge in [0.25, 0.3) is 0 Å². The zero-order chi connectivity index (χ0) is 15.1. The molecular formula is C17H13Cl2FO. The van der Waals surface area contributed by atoms with Gasteiger partial charge in [-0.15, -0.1) is 11.6 Å². The van der Waals surface area contributed by atoms with E-state index in [2.05, 4.69) is 11.8 Å². The molecule has 0 saturated carbocycles. The van der Waals surface area contributed by atoms with Gasteiger partial charge in [-0.1, -0.05) is 35.6 Å². The molecule has 4 heteroatoms. The third-order valence-corrected chi connectivity index (χ3v) is 3.13. The van der Waals surface area contributed by atoms with Crippen molar-refractivity contribution < 1.29 is 9.13 Å². The molecule has 2 aromatic carbocycles. The largest absolute Gasteiger partial charge is 0.486 e. The normalized spacial score (nSPS) is 9.86. The minimum Gasteiger partial charge on any atom is -0.486 e. The van der Waals surface area contributed by atoms with Gasteiger partial charge >= 0.3 is 0 Å². The first-order valence-electron chi connectivity index (χ1n) is 6.40. The van der Waals surface area contributed by atoms with Gasteiger partial charge in [0.15, 0.2) is 11.6 Å². The topological polar surface area (TPSA) is 9.23 Å². The summed E-state index contributed by atoms with van der Waals surface area (Å²) in [5.74, 6) is 6.08. The first-order valence-corrected chi connectivity index (χ1v) is 7.32. The highest BCUT2D eigenvalue weighted by atomic mass is 35.5. The van der Waals surface area contributed by atoms with Crippen molar-refractivity contribution in [1.29, 1.82) is 0 Å². The van der Waals surface area contributed by atoms with E-state index in [0.717, 1.165) is 5.56 Å². The van der Waals surface area contributed by atoms with Crippen molar-refractivity contribution in [2.75, 3.05) is 5.88 Å². The van der Waals surface area contributed by atoms with Crippen molar-refractivity contribution in [3.05, 3.63) is 64.4 Å². The third kappa shape index (κ3) is 4.97. The molecule has 0 spiro atoms. The van der Waals surface area contributed by atoms with Crippen molar-refractivity contribution in [2.45, 2.75) is 13.0 Å². The number of benzene rings is 2. The molecule has 0 aliphatic carbocycles. The molecule has 0 saturated heterocycles. The number of hydrogen-bond acceptors (Lipinski definition) is 1. The summed E-state index contributed by atoms with van der Waals surface area (Å²) in [6.07, 6.45) is 0.597. The molecule has 0 heterocycles. The molecule has 108 valence electrons. The predicted octanol–water partition coefficient (Wildman–Crippen LogP) is 5.04. The summed E-state index contributed by atoms with van der Waals surface area (Å²) < 4.78 is 19.2. The number of halogens is 3. The number of ether oxygens (including phenoxy) is 1. The van der Waals surface area contributed by atoms with Crippen LogP contribution in [-0.4, -0.2) is 5.88 Å². The Morgan fingerprint density at radius 3 is 2.57 bits per heavy atom. The van der Waals surface area contributed by atoms with Crippen LogP contribution in [0.2, 0.25) is 5.02 Å². The highest BCUT2D eigenvalue weighted by Crippen LogP contribution is 2.20. The Balaban J connectivity index is 2.07. The van der Waals surface area contributed by atoms with Crippen LogP contribution in [0.15, 0.2) is 42.5 Å². The Morgan fingerprint density at radius 2 is 1.86 bits per heavy atom. The minimum absolute atomic E-state index is 0.183. The van der Waals surface area contributed by atoms with Crippen LogP contribution in [0.25, 0.3) is 0 Å². The lowest BCUT2D eigenvalue weighted by Crippen LogP contribution is -1.97. The summed E-state index contributed by atoms with van der Waals surface area (Å²) in [5.41, 5.74) is 1.62. The highest BCUT2D eigenvalue weighted by Gasteiger charge is 2.04. The van der Waals surface area contributed by atoms with Crippen LogP contribution in [0, 0.1) is 17.7 Å². The molecule has 0 atom stereocenters. The van der Waals surface area contributed by atoms with E-state index in [4.69, 9.17) is 27.9 Å². The SMILES string of the molecule is Fc1ccc(C#CCCCl)cc1OCc1ccc(Cl)cc1. The highest BCUT2D eigenvalue weighted by molar-refractivity contribution is 6.30. The molecule has 0 amide bonds. The first kappa shape index (κ1) is 15.7. The van der Waals surface area contributed by atoms with Crippen LogP contribution < -0.4 is 4.74 Å². The van der Waals surface area contributed by atoms with E-state index in [1.54, 1.807) is 24.3 Å². The second-order valence-electron chi connectivity index (χ2n) is 4.30. The maximum Gasteiger partial charge on any atom is 0.165 e. The van der Waals surface area contributed by atoms with E-state index < -0.39 is 5.82 Å². The summed E-state index contributed by atoms with van der Waals surface area (Å²) in [5, 5.41) is 0.654. The summed E-state index contributed by atoms with van der Waals surface area (Å²) in [4.78, 5) is 0. The van der Waals surface area contributed by atoms with Crippen LogP contribution >= 0.6 is 23.2 Å². The van der Waals surface area contributed by atoms with Gasteiger partial charge < -0.3 is 4.74 Å². The standard InChI is InChI=1S/C17H13Cl2FO/c18-10-2-1-3-13-6-9-16(20)17(11-13)21-12-14-4-7-15(19)8-5-14/h4-9,11H,2,10,12H2. The summed E-state index contributed by atoms with van der Waals surface area (Å²) in [6, 6.07) is 11.8. The smallest absolute Gasteiger partial charge is 0.165 e. The molecule has 1 nitrogen and oxygen atoms in total. The molecule has 0 N–H and O–H groups in total. The molecule has 0 aliphatic heterocycles. The zero-order valence-corrected chi connectivity index (χ0v) is 12.7. The van der Waals surface area contributed by atoms with E-state index in [0.29, 0.717) is 22.9 Å². The van der Waals surface area contributed by atoms with Crippen LogP contribution in [0.5, 0.6) is 5.75 Å². The fraction of sp³-hybridized carbons (Fsp3) is 0.176. The van der Waals surface area contributed by atoms with Crippen molar-refractivity contribution in [2.24, 2.45) is 0 Å². The van der Waals surface area contributed by atoms with Crippen LogP contribution in [0.1, 0.15) is 17.5 Å². The number of alkyl halides is 1. The van der Waals surface area contributed by atoms with Gasteiger partial charge in [-0.05, 0) is 35.9 Å². The molecule has 2 rings (SSSR count). The van der Waals surface area contributed by atoms with Gasteiger partial charge in [0.05, 0.1) is 0 Å². The first-order chi connectivity index (χ1) is 10.2. The summed E-state index contributed by atoms with van der Waals surface area (Å²) >= 11 is 11.4. The third-order valence-electron chi connectivity index (χ3n) is 2.69. The maximum atomic E-state index is 13.7. The van der Waals surface area contributed by atoms with E-state index in [9.17, 15) is 4.39 Å². The zero-order valence-electron chi connectivity index (χ0n) is 11.2. The van der Waals surface area contributed by atoms with E-state index in [1.807, 2.05) is 12.1 Å². The van der Waals surface area contributed by atoms with Gasteiger partial charge in [0.2, 0.25) is 0 Å². The van der Waals surface area contributed by atoms with Gasteiger partial charge in [-0.25, -0.2) is 4.39 Å². The Morgan fingerprint density at radius 1 is 1.10 bits per heavy atom. The van der Waals surface area contributed by atoms with E-state index in [1.165, 1.54) is 6.07 Å². The second-order valence-corrected chi connectivity index (χ2v) is 5.12. The monoisotopic (exact) mass is 322 g/mol. The van der Waals surface area contributed by atoms with Crippen molar-refractivity contribution in [1.82, 2.24) is 0 Å². The molecule has 21 heavy (non-hydrogen) atoms. The van der Waals surface area contributed by atoms with E-state index in [-0.39, 0.29) is 12.4 Å². The number of rotatable bonds is 4. The average molecular weight is 323 g/mol.